The number of cyclic esters (lactones) is 1. The molecule has 5 atom stereocenters. The average Bonchev–Trinajstić information content (AvgIpc) is 2.81. The number of rotatable bonds is 2. The standard InChI is InChI=1S/C27H38IN3O6/c1-15-9-16(2)11-18(4)37-27(36)19(5)30-26(35)22(13-20-7-8-23(32)21(28)12-20)31(6)24(33)14-29-25(34)17(3)10-15/h7-9,12,16-19,22,32H,10-11,13-14H2,1-6H3,(H,29,34)(H,30,35)/t16-,17-,18-,19-,22+/m0/s1. The van der Waals surface area contributed by atoms with Crippen LogP contribution in [0.1, 0.15) is 53.0 Å². The van der Waals surface area contributed by atoms with Crippen LogP contribution in [0.3, 0.4) is 0 Å². The zero-order chi connectivity index (χ0) is 27.9. The summed E-state index contributed by atoms with van der Waals surface area (Å²) in [5.41, 5.74) is 1.77. The van der Waals surface area contributed by atoms with Gasteiger partial charge in [0.1, 0.15) is 17.8 Å². The van der Waals surface area contributed by atoms with Crippen molar-refractivity contribution in [2.45, 2.75) is 72.1 Å². The number of phenolic OH excluding ortho intramolecular Hbond substituents is 1. The van der Waals surface area contributed by atoms with Crippen LogP contribution < -0.4 is 10.6 Å². The molecular weight excluding hydrogens is 589 g/mol. The second-order valence-electron chi connectivity index (χ2n) is 10.0. The van der Waals surface area contributed by atoms with Gasteiger partial charge in [-0.25, -0.2) is 4.79 Å². The molecular formula is C27H38IN3O6. The van der Waals surface area contributed by atoms with Crippen LogP contribution in [0.2, 0.25) is 0 Å². The first kappa shape index (κ1) is 30.6. The Bertz CT molecular complexity index is 1040. The molecule has 37 heavy (non-hydrogen) atoms. The van der Waals surface area contributed by atoms with Crippen LogP contribution in [0.25, 0.3) is 0 Å². The van der Waals surface area contributed by atoms with Crippen LogP contribution in [-0.2, 0) is 30.3 Å². The first-order chi connectivity index (χ1) is 17.3. The highest BCUT2D eigenvalue weighted by Crippen LogP contribution is 2.22. The van der Waals surface area contributed by atoms with Crippen LogP contribution in [-0.4, -0.2) is 65.5 Å². The number of likely N-dealkylation sites (N-methyl/N-ethyl adjacent to an activating group) is 1. The Morgan fingerprint density at radius 3 is 2.43 bits per heavy atom. The Morgan fingerprint density at radius 1 is 1.11 bits per heavy atom. The minimum atomic E-state index is -0.959. The minimum absolute atomic E-state index is 0.115. The second-order valence-corrected chi connectivity index (χ2v) is 11.2. The first-order valence-electron chi connectivity index (χ1n) is 12.5. The highest BCUT2D eigenvalue weighted by Gasteiger charge is 2.31. The van der Waals surface area contributed by atoms with Crippen molar-refractivity contribution in [3.63, 3.8) is 0 Å². The maximum atomic E-state index is 13.3. The molecule has 0 aliphatic carbocycles. The fourth-order valence-electron chi connectivity index (χ4n) is 4.38. The number of carbonyl (C=O) groups is 4. The third kappa shape index (κ3) is 9.32. The lowest BCUT2D eigenvalue weighted by molar-refractivity contribution is -0.153. The molecule has 1 aromatic carbocycles. The third-order valence-corrected chi connectivity index (χ3v) is 7.26. The zero-order valence-electron chi connectivity index (χ0n) is 22.3. The monoisotopic (exact) mass is 627 g/mol. The Morgan fingerprint density at radius 2 is 1.78 bits per heavy atom. The Labute approximate surface area is 232 Å². The van der Waals surface area contributed by atoms with Crippen LogP contribution in [0.4, 0.5) is 0 Å². The Kier molecular flexibility index (Phi) is 11.4. The van der Waals surface area contributed by atoms with Gasteiger partial charge in [-0.15, -0.1) is 0 Å². The van der Waals surface area contributed by atoms with Crippen molar-refractivity contribution in [1.82, 2.24) is 15.5 Å². The van der Waals surface area contributed by atoms with Gasteiger partial charge in [-0.3, -0.25) is 14.4 Å². The van der Waals surface area contributed by atoms with E-state index < -0.39 is 29.9 Å². The van der Waals surface area contributed by atoms with Crippen LogP contribution in [0, 0.1) is 15.4 Å². The summed E-state index contributed by atoms with van der Waals surface area (Å²) in [6.45, 7) is 8.88. The third-order valence-electron chi connectivity index (χ3n) is 6.40. The van der Waals surface area contributed by atoms with E-state index in [1.165, 1.54) is 18.0 Å². The summed E-state index contributed by atoms with van der Waals surface area (Å²) >= 11 is 1.99. The molecule has 204 valence electrons. The highest BCUT2D eigenvalue weighted by molar-refractivity contribution is 14.1. The van der Waals surface area contributed by atoms with E-state index in [1.807, 2.05) is 43.4 Å². The van der Waals surface area contributed by atoms with Crippen LogP contribution in [0.15, 0.2) is 29.8 Å². The topological polar surface area (TPSA) is 125 Å². The number of benzene rings is 1. The van der Waals surface area contributed by atoms with Gasteiger partial charge in [0.15, 0.2) is 0 Å². The largest absolute Gasteiger partial charge is 0.507 e. The molecule has 2 rings (SSSR count). The van der Waals surface area contributed by atoms with E-state index in [0.29, 0.717) is 16.4 Å². The summed E-state index contributed by atoms with van der Waals surface area (Å²) < 4.78 is 6.18. The molecule has 0 spiro atoms. The predicted octanol–water partition coefficient (Wildman–Crippen LogP) is 2.93. The van der Waals surface area contributed by atoms with Gasteiger partial charge in [0.2, 0.25) is 17.7 Å². The van der Waals surface area contributed by atoms with Crippen molar-refractivity contribution in [3.8, 4) is 5.75 Å². The van der Waals surface area contributed by atoms with Crippen molar-refractivity contribution in [2.75, 3.05) is 13.6 Å². The van der Waals surface area contributed by atoms with Gasteiger partial charge in [0.05, 0.1) is 16.2 Å². The number of amides is 3. The molecule has 0 saturated carbocycles. The van der Waals surface area contributed by atoms with E-state index in [9.17, 15) is 24.3 Å². The van der Waals surface area contributed by atoms with E-state index in [0.717, 1.165) is 11.1 Å². The molecule has 1 heterocycles. The van der Waals surface area contributed by atoms with Crippen molar-refractivity contribution in [3.05, 3.63) is 39.0 Å². The number of allylic oxidation sites excluding steroid dienone is 2. The Balaban J connectivity index is 2.34. The van der Waals surface area contributed by atoms with Crippen LogP contribution in [0.5, 0.6) is 5.75 Å². The minimum Gasteiger partial charge on any atom is -0.507 e. The molecule has 10 heteroatoms. The smallest absolute Gasteiger partial charge is 0.328 e. The van der Waals surface area contributed by atoms with Crippen molar-refractivity contribution in [1.29, 1.82) is 0 Å². The number of nitrogens with zero attached hydrogens (tertiary/aromatic N) is 1. The highest BCUT2D eigenvalue weighted by atomic mass is 127. The van der Waals surface area contributed by atoms with Crippen LogP contribution >= 0.6 is 22.6 Å². The molecule has 0 aromatic heterocycles. The molecule has 0 radical (unpaired) electrons. The van der Waals surface area contributed by atoms with Gasteiger partial charge in [0, 0.05) is 19.4 Å². The first-order valence-corrected chi connectivity index (χ1v) is 13.5. The number of nitrogens with one attached hydrogen (secondary N) is 2. The number of hydrogen-bond donors (Lipinski definition) is 3. The van der Waals surface area contributed by atoms with E-state index in [-0.39, 0.29) is 42.6 Å². The van der Waals surface area contributed by atoms with Crippen molar-refractivity contribution < 1.29 is 29.0 Å². The lowest BCUT2D eigenvalue weighted by atomic mass is 9.96. The predicted molar refractivity (Wildman–Crippen MR) is 149 cm³/mol. The fourth-order valence-corrected chi connectivity index (χ4v) is 4.96. The van der Waals surface area contributed by atoms with Gasteiger partial charge < -0.3 is 25.4 Å². The molecule has 1 aliphatic rings. The summed E-state index contributed by atoms with van der Waals surface area (Å²) in [5.74, 6) is -1.87. The lowest BCUT2D eigenvalue weighted by Crippen LogP contribution is -2.54. The summed E-state index contributed by atoms with van der Waals surface area (Å²) in [5, 5.41) is 15.2. The molecule has 0 saturated heterocycles. The van der Waals surface area contributed by atoms with Gasteiger partial charge in [-0.05, 0) is 79.8 Å². The summed E-state index contributed by atoms with van der Waals surface area (Å²) in [6, 6.07) is 3.05. The van der Waals surface area contributed by atoms with Gasteiger partial charge in [0.25, 0.3) is 0 Å². The molecule has 1 aliphatic heterocycles. The van der Waals surface area contributed by atoms with E-state index in [4.69, 9.17) is 4.74 Å². The van der Waals surface area contributed by atoms with E-state index in [2.05, 4.69) is 16.7 Å². The molecule has 0 unspecified atom stereocenters. The lowest BCUT2D eigenvalue weighted by Gasteiger charge is -2.29. The normalized spacial score (nSPS) is 27.4. The quantitative estimate of drug-likeness (QED) is 0.263. The molecule has 9 nitrogen and oxygen atoms in total. The average molecular weight is 628 g/mol. The summed E-state index contributed by atoms with van der Waals surface area (Å²) in [7, 11) is 1.49. The summed E-state index contributed by atoms with van der Waals surface area (Å²) in [4.78, 5) is 52.9. The molecule has 0 bridgehead atoms. The SMILES string of the molecule is CC1=C[C@H](C)C[C@H](C)OC(=O)[C@H](C)NC(=O)[C@@H](Cc2ccc(O)c(I)c2)N(C)C(=O)CNC(=O)[C@@H](C)C1. The van der Waals surface area contributed by atoms with Gasteiger partial charge >= 0.3 is 5.97 Å². The zero-order valence-corrected chi connectivity index (χ0v) is 24.5. The maximum Gasteiger partial charge on any atom is 0.328 e. The van der Waals surface area contributed by atoms with E-state index >= 15 is 0 Å². The van der Waals surface area contributed by atoms with Gasteiger partial charge in [-0.1, -0.05) is 31.6 Å². The number of carbonyl (C=O) groups excluding carboxylic acids is 4. The summed E-state index contributed by atoms with van der Waals surface area (Å²) in [6.07, 6.45) is 2.98. The number of halogens is 1. The Hall–Kier alpha value is -2.63. The van der Waals surface area contributed by atoms with E-state index in [1.54, 1.807) is 26.0 Å². The number of phenols is 1. The molecule has 3 amide bonds. The molecule has 1 aromatic rings. The molecule has 3 N–H and O–H groups in total. The number of hydrogen-bond acceptors (Lipinski definition) is 6. The van der Waals surface area contributed by atoms with Gasteiger partial charge in [-0.2, -0.15) is 0 Å². The second kappa shape index (κ2) is 13.8. The molecule has 0 fully saturated rings. The van der Waals surface area contributed by atoms with Crippen molar-refractivity contribution >= 4 is 46.3 Å². The fraction of sp³-hybridized carbons (Fsp3) is 0.556. The number of esters is 1. The number of ether oxygens (including phenoxy) is 1. The van der Waals surface area contributed by atoms with Crippen molar-refractivity contribution in [2.24, 2.45) is 11.8 Å². The number of aromatic hydroxyl groups is 1. The maximum absolute atomic E-state index is 13.3.